The number of nitrogens with zero attached hydrogens (tertiary/aromatic N) is 23. The average molecular weight is 1800 g/mol. The third-order valence-electron chi connectivity index (χ3n) is 22.9. The SMILES string of the molecule is CCOC(=O)c1c(C)n[nH]c1C.CCOC(=O)c1c(C)nn(Cc2cn3cc(C4CC4)ccc3n2)c1C.COc1ccc(-n2cnnn2)c(CCC(=O)c2c(C)nn(Cc3cn4cc(C5CC5)ccc4n3)c2C)c1F.COc1ccc(-n2cnnn2)c(CN)c1F.Cc1nn(Cc2cn3cc(C4CC4)ccc3n2)c(C)c1C(=O)O.ClCc1cn2cc(C3CC3)ccc2n1.[Li+].[OH-].[OH-]. The molecule has 16 aromatic rings. The number of carboxylic acids is 1. The molecule has 2 aromatic carbocycles. The number of H-pyrrole nitrogens is 1. The first-order valence-corrected chi connectivity index (χ1v) is 42.9. The summed E-state index contributed by atoms with van der Waals surface area (Å²) in [6.07, 6.45) is 30.0. The number of nitrogens with two attached hydrogens (primary N) is 1. The second-order valence-corrected chi connectivity index (χ2v) is 32.3. The maximum absolute atomic E-state index is 15.2. The van der Waals surface area contributed by atoms with Crippen molar-refractivity contribution in [3.05, 3.63) is 271 Å². The molecule has 0 spiro atoms. The van der Waals surface area contributed by atoms with Crippen LogP contribution in [0.2, 0.25) is 0 Å². The summed E-state index contributed by atoms with van der Waals surface area (Å²) in [5.74, 6) is 0.943. The number of ketones is 1. The molecule has 0 aliphatic heterocycles. The minimum Gasteiger partial charge on any atom is -0.870 e. The summed E-state index contributed by atoms with van der Waals surface area (Å²) >= 11 is 5.74. The minimum atomic E-state index is -0.935. The molecule has 14 aromatic heterocycles. The van der Waals surface area contributed by atoms with E-state index in [9.17, 15) is 28.7 Å². The van der Waals surface area contributed by atoms with Gasteiger partial charge in [0, 0.05) is 85.1 Å². The fraction of sp³-hybridized carbons (Fsp3) is 0.363. The number of aromatic amines is 1. The first-order chi connectivity index (χ1) is 61.8. The maximum atomic E-state index is 15.2. The number of methoxy groups -OCH3 is 2. The van der Waals surface area contributed by atoms with Gasteiger partial charge in [0.2, 0.25) is 0 Å². The fourth-order valence-electron chi connectivity index (χ4n) is 15.7. The number of esters is 2. The number of aromatic nitrogens is 24. The van der Waals surface area contributed by atoms with Gasteiger partial charge in [0.25, 0.3) is 0 Å². The molecular formula is C91H102ClF2LiN25O11-. The minimum absolute atomic E-state index is 0. The zero-order valence-corrected chi connectivity index (χ0v) is 75.9. The van der Waals surface area contributed by atoms with Crippen LogP contribution in [0.25, 0.3) is 34.0 Å². The Morgan fingerprint density at radius 3 is 1.18 bits per heavy atom. The van der Waals surface area contributed by atoms with Crippen LogP contribution in [0, 0.1) is 67.0 Å². The molecule has 680 valence electrons. The average Bonchev–Trinajstić information content (AvgIpc) is 1.65. The summed E-state index contributed by atoms with van der Waals surface area (Å²) in [6.45, 7) is 20.3. The van der Waals surface area contributed by atoms with E-state index in [0.29, 0.717) is 118 Å². The molecule has 0 radical (unpaired) electrons. The number of imidazole rings is 4. The Hall–Kier alpha value is -13.5. The molecule has 4 aliphatic rings. The number of aryl methyl sites for hydroxylation is 5. The molecule has 0 unspecified atom stereocenters. The third kappa shape index (κ3) is 22.2. The van der Waals surface area contributed by atoms with Crippen LogP contribution >= 0.6 is 11.6 Å². The third-order valence-corrected chi connectivity index (χ3v) is 23.2. The second kappa shape index (κ2) is 42.4. The molecular weight excluding hydrogens is 1700 g/mol. The monoisotopic (exact) mass is 1800 g/mol. The van der Waals surface area contributed by atoms with Crippen LogP contribution < -0.4 is 34.1 Å². The molecule has 36 nitrogen and oxygen atoms in total. The summed E-state index contributed by atoms with van der Waals surface area (Å²) < 4.78 is 65.4. The number of halogens is 3. The van der Waals surface area contributed by atoms with Gasteiger partial charge in [-0.05, 0) is 242 Å². The Morgan fingerprint density at radius 2 is 0.840 bits per heavy atom. The Balaban J connectivity index is 0.000000148. The molecule has 0 saturated heterocycles. The van der Waals surface area contributed by atoms with Crippen molar-refractivity contribution in [3.63, 3.8) is 0 Å². The number of nitrogens with one attached hydrogen (secondary N) is 1. The summed E-state index contributed by atoms with van der Waals surface area (Å²) in [5, 5.41) is 51.1. The number of hydrogen-bond donors (Lipinski definition) is 3. The van der Waals surface area contributed by atoms with Crippen molar-refractivity contribution >= 4 is 57.9 Å². The van der Waals surface area contributed by atoms with E-state index in [1.165, 1.54) is 122 Å². The van der Waals surface area contributed by atoms with Gasteiger partial charge in [0.05, 0.1) is 127 Å². The number of tetrazole rings is 2. The van der Waals surface area contributed by atoms with Crippen molar-refractivity contribution < 1.29 is 81.8 Å². The molecule has 4 aliphatic carbocycles. The number of alkyl halides is 1. The molecule has 0 bridgehead atoms. The summed E-state index contributed by atoms with van der Waals surface area (Å²) in [7, 11) is 2.80. The van der Waals surface area contributed by atoms with E-state index < -0.39 is 17.6 Å². The van der Waals surface area contributed by atoms with Gasteiger partial charge in [0.1, 0.15) is 51.9 Å². The van der Waals surface area contributed by atoms with Crippen molar-refractivity contribution in [2.75, 3.05) is 27.4 Å². The van der Waals surface area contributed by atoms with Crippen LogP contribution in [-0.4, -0.2) is 185 Å². The van der Waals surface area contributed by atoms with Gasteiger partial charge < -0.3 is 58.3 Å². The zero-order valence-electron chi connectivity index (χ0n) is 75.1. The zero-order chi connectivity index (χ0) is 90.3. The standard InChI is InChI=1S/C27H27FN8O2.C19H22N4O2.C17H18N4O2.C11H11ClN2.C9H10FN5O.C8H12N2O2.Li.2H2O/c1-16-26(23(37)9-7-21-22(36-15-29-32-33-36)8-10-24(38-3)27(21)28)17(2)35(31-16)14-20-13-34-12-19(18-4-5-18)6-11-25(34)30-20;1-4-25-19(24)18-12(2)21-23(13(18)3)11-16-10-22-9-15(14-5-6-14)7-8-17(22)20-16;1-10-16(17(22)23)11(2)21(19-10)9-14-8-20-7-13(12-3-4-12)5-6-15(20)18-14;12-5-10-7-14-6-9(8-1-2-8)3-4-11(14)13-10;1-16-8-3-2-7(6(4-11)9(8)10)15-5-12-13-14-15;1-4-12-8(11)7-5(2)9-10-6(7)3;;;/h6,8,10-13,15,18H,4-5,7,9,14H2,1-3H3;7-10,14H,4-6,11H2,1-3H3;5-8,12H,3-4,9H2,1-2H3,(H,22,23);3-4,6-8H,1-2,5H2;2-3,5H,4,11H2,1H3;4H2,1-3H3,(H,9,10);;2*1H2/q;;;;;;+1;;/p-2. The van der Waals surface area contributed by atoms with Crippen LogP contribution in [0.1, 0.15) is 238 Å². The molecule has 6 N–H and O–H groups in total. The van der Waals surface area contributed by atoms with Crippen molar-refractivity contribution in [2.24, 2.45) is 5.73 Å². The van der Waals surface area contributed by atoms with Crippen molar-refractivity contribution in [1.82, 2.24) is 117 Å². The Bertz CT molecular complexity index is 6710. The number of carbonyl (C=O) groups excluding carboxylic acids is 3. The number of aromatic carboxylic acids is 1. The van der Waals surface area contributed by atoms with E-state index in [1.807, 2.05) is 72.3 Å². The number of fused-ring (bicyclic) bond motifs is 4. The summed E-state index contributed by atoms with van der Waals surface area (Å²) in [4.78, 5) is 66.4. The Labute approximate surface area is 768 Å². The van der Waals surface area contributed by atoms with E-state index in [-0.39, 0.29) is 84.0 Å². The number of ether oxygens (including phenoxy) is 4. The van der Waals surface area contributed by atoms with Crippen LogP contribution in [0.15, 0.2) is 135 Å². The predicted octanol–water partition coefficient (Wildman–Crippen LogP) is 11.1. The van der Waals surface area contributed by atoms with Crippen LogP contribution in [0.4, 0.5) is 8.78 Å². The summed E-state index contributed by atoms with van der Waals surface area (Å²) in [5.41, 5.74) is 27.4. The number of benzene rings is 2. The summed E-state index contributed by atoms with van der Waals surface area (Å²) in [6, 6.07) is 23.2. The number of rotatable bonds is 25. The Kier molecular flexibility index (Phi) is 31.2. The van der Waals surface area contributed by atoms with Gasteiger partial charge >= 0.3 is 36.8 Å². The van der Waals surface area contributed by atoms with Gasteiger partial charge in [-0.1, -0.05) is 24.3 Å². The van der Waals surface area contributed by atoms with E-state index in [0.717, 1.165) is 74.3 Å². The normalized spacial score (nSPS) is 13.1. The van der Waals surface area contributed by atoms with E-state index in [1.54, 1.807) is 58.4 Å². The number of carboxylic acid groups (broad SMARTS) is 1. The Morgan fingerprint density at radius 1 is 0.481 bits per heavy atom. The molecule has 0 atom stereocenters. The van der Waals surface area contributed by atoms with Crippen molar-refractivity contribution in [3.8, 4) is 22.9 Å². The van der Waals surface area contributed by atoms with E-state index in [2.05, 4.69) is 152 Å². The molecule has 131 heavy (non-hydrogen) atoms. The van der Waals surface area contributed by atoms with Gasteiger partial charge in [-0.2, -0.15) is 20.4 Å². The molecule has 40 heteroatoms. The largest absolute Gasteiger partial charge is 1.00 e. The number of hydrogen-bond acceptors (Lipinski definition) is 25. The topological polar surface area (TPSA) is 450 Å². The predicted molar refractivity (Wildman–Crippen MR) is 473 cm³/mol. The van der Waals surface area contributed by atoms with E-state index in [4.69, 9.17) is 41.3 Å². The van der Waals surface area contributed by atoms with Gasteiger partial charge in [-0.15, -0.1) is 21.8 Å². The van der Waals surface area contributed by atoms with Crippen molar-refractivity contribution in [2.45, 2.75) is 189 Å². The number of Topliss-reactive ketones (excluding diaryl/α,β-unsaturated/α-hetero) is 1. The van der Waals surface area contributed by atoms with Crippen LogP contribution in [0.5, 0.6) is 11.5 Å². The number of pyridine rings is 4. The molecule has 4 fully saturated rings. The second-order valence-electron chi connectivity index (χ2n) is 32.0. The van der Waals surface area contributed by atoms with Crippen molar-refractivity contribution in [1.29, 1.82) is 0 Å². The smallest absolute Gasteiger partial charge is 0.870 e. The van der Waals surface area contributed by atoms with E-state index >= 15 is 4.39 Å². The van der Waals surface area contributed by atoms with Gasteiger partial charge in [-0.3, -0.25) is 23.9 Å². The van der Waals surface area contributed by atoms with Gasteiger partial charge in [0.15, 0.2) is 28.9 Å². The van der Waals surface area contributed by atoms with Gasteiger partial charge in [-0.25, -0.2) is 52.5 Å². The van der Waals surface area contributed by atoms with Crippen LogP contribution in [0.3, 0.4) is 0 Å². The fourth-order valence-corrected chi connectivity index (χ4v) is 15.8. The molecule has 0 amide bonds. The molecule has 4 saturated carbocycles. The number of carbonyl (C=O) groups is 4. The van der Waals surface area contributed by atoms with Crippen LogP contribution in [-0.2, 0) is 48.0 Å². The quantitative estimate of drug-likeness (QED) is 0.0207. The maximum Gasteiger partial charge on any atom is 1.00 e. The molecule has 14 heterocycles. The first kappa shape index (κ1) is 96.6. The molecule has 20 rings (SSSR count). The first-order valence-electron chi connectivity index (χ1n) is 42.4.